The average molecular weight is 467 g/mol. The van der Waals surface area contributed by atoms with E-state index in [1.165, 1.54) is 23.5 Å². The van der Waals surface area contributed by atoms with Gasteiger partial charge in [-0.15, -0.1) is 0 Å². The van der Waals surface area contributed by atoms with E-state index in [4.69, 9.17) is 9.72 Å². The van der Waals surface area contributed by atoms with Crippen LogP contribution in [0.4, 0.5) is 10.1 Å². The predicted octanol–water partition coefficient (Wildman–Crippen LogP) is 5.22. The highest BCUT2D eigenvalue weighted by atomic mass is 32.1. The van der Waals surface area contributed by atoms with Crippen molar-refractivity contribution in [3.8, 4) is 5.75 Å². The molecule has 0 unspecified atom stereocenters. The monoisotopic (exact) mass is 466 g/mol. The maximum Gasteiger partial charge on any atom is 0.324 e. The number of amides is 1. The summed E-state index contributed by atoms with van der Waals surface area (Å²) in [6, 6.07) is 10.6. The van der Waals surface area contributed by atoms with Gasteiger partial charge in [0.05, 0.1) is 23.3 Å². The van der Waals surface area contributed by atoms with Crippen molar-refractivity contribution in [1.29, 1.82) is 0 Å². The Morgan fingerprint density at radius 2 is 2.09 bits per heavy atom. The molecule has 32 heavy (non-hydrogen) atoms. The SMILES string of the molecule is COc1ccc(C)c2sc(N(Cc3cccnc3)C(=O)/C=C/c3ccc([N+](=O)[O-])s3)nc12. The first-order valence-corrected chi connectivity index (χ1v) is 11.2. The number of anilines is 1. The van der Waals surface area contributed by atoms with E-state index in [-0.39, 0.29) is 17.5 Å². The fourth-order valence-corrected chi connectivity index (χ4v) is 4.85. The molecule has 4 aromatic rings. The maximum absolute atomic E-state index is 13.2. The van der Waals surface area contributed by atoms with E-state index in [1.54, 1.807) is 36.5 Å². The fourth-order valence-electron chi connectivity index (χ4n) is 3.07. The van der Waals surface area contributed by atoms with Gasteiger partial charge < -0.3 is 4.74 Å². The molecule has 0 aliphatic carbocycles. The number of nitrogens with zero attached hydrogens (tertiary/aromatic N) is 4. The number of carbonyl (C=O) groups excluding carboxylic acids is 1. The number of rotatable bonds is 7. The van der Waals surface area contributed by atoms with E-state index >= 15 is 0 Å². The highest BCUT2D eigenvalue weighted by Gasteiger charge is 2.21. The molecule has 162 valence electrons. The standard InChI is InChI=1S/C22H18N4O4S2/c1-14-5-8-17(30-2)20-21(14)32-22(24-20)25(13-15-4-3-11-23-12-15)18(27)9-6-16-7-10-19(31-16)26(28)29/h3-12H,13H2,1-2H3/b9-6+. The molecule has 3 heterocycles. The van der Waals surface area contributed by atoms with Gasteiger partial charge in [0.2, 0.25) is 0 Å². The number of ether oxygens (including phenoxy) is 1. The number of thiazole rings is 1. The van der Waals surface area contributed by atoms with Crippen LogP contribution in [0.1, 0.15) is 16.0 Å². The number of hydrogen-bond acceptors (Lipinski definition) is 8. The molecule has 4 rings (SSSR count). The van der Waals surface area contributed by atoms with Gasteiger partial charge in [-0.3, -0.25) is 24.8 Å². The van der Waals surface area contributed by atoms with Crippen LogP contribution in [0.25, 0.3) is 16.3 Å². The van der Waals surface area contributed by atoms with Crippen molar-refractivity contribution in [2.24, 2.45) is 0 Å². The molecule has 1 aromatic carbocycles. The summed E-state index contributed by atoms with van der Waals surface area (Å²) < 4.78 is 6.39. The number of fused-ring (bicyclic) bond motifs is 1. The minimum atomic E-state index is -0.449. The van der Waals surface area contributed by atoms with Crippen LogP contribution in [0.3, 0.4) is 0 Å². The van der Waals surface area contributed by atoms with E-state index < -0.39 is 4.92 Å². The van der Waals surface area contributed by atoms with Crippen molar-refractivity contribution in [2.75, 3.05) is 12.0 Å². The summed E-state index contributed by atoms with van der Waals surface area (Å²) in [5.74, 6) is 0.351. The van der Waals surface area contributed by atoms with Crippen LogP contribution in [0, 0.1) is 17.0 Å². The zero-order valence-corrected chi connectivity index (χ0v) is 18.9. The minimum absolute atomic E-state index is 0.0260. The van der Waals surface area contributed by atoms with Crippen molar-refractivity contribution in [1.82, 2.24) is 9.97 Å². The third-order valence-corrected chi connectivity index (χ3v) is 6.87. The molecule has 0 radical (unpaired) electrons. The minimum Gasteiger partial charge on any atom is -0.494 e. The second kappa shape index (κ2) is 9.25. The average Bonchev–Trinajstić information content (AvgIpc) is 3.45. The van der Waals surface area contributed by atoms with Gasteiger partial charge >= 0.3 is 5.00 Å². The molecule has 8 nitrogen and oxygen atoms in total. The number of methoxy groups -OCH3 is 1. The van der Waals surface area contributed by atoms with Crippen LogP contribution in [0.15, 0.2) is 54.9 Å². The Balaban J connectivity index is 1.70. The Hall–Kier alpha value is -3.63. The van der Waals surface area contributed by atoms with E-state index in [0.29, 0.717) is 21.3 Å². The van der Waals surface area contributed by atoms with Gasteiger partial charge in [-0.25, -0.2) is 4.98 Å². The molecule has 0 saturated heterocycles. The Kier molecular flexibility index (Phi) is 6.24. The molecule has 0 fully saturated rings. The summed E-state index contributed by atoms with van der Waals surface area (Å²) in [5, 5.41) is 11.5. The second-order valence-electron chi connectivity index (χ2n) is 6.81. The number of nitro groups is 1. The molecule has 0 spiro atoms. The third-order valence-electron chi connectivity index (χ3n) is 4.66. The van der Waals surface area contributed by atoms with Gasteiger partial charge in [-0.05, 0) is 42.3 Å². The molecule has 10 heteroatoms. The number of hydrogen-bond donors (Lipinski definition) is 0. The van der Waals surface area contributed by atoms with Gasteiger partial charge in [-0.2, -0.15) is 0 Å². The van der Waals surface area contributed by atoms with Crippen molar-refractivity contribution >= 4 is 55.0 Å². The van der Waals surface area contributed by atoms with Crippen LogP contribution < -0.4 is 9.64 Å². The molecular weight excluding hydrogens is 448 g/mol. The number of benzene rings is 1. The highest BCUT2D eigenvalue weighted by Crippen LogP contribution is 2.37. The topological polar surface area (TPSA) is 98.5 Å². The second-order valence-corrected chi connectivity index (χ2v) is 8.88. The lowest BCUT2D eigenvalue weighted by Crippen LogP contribution is -2.28. The van der Waals surface area contributed by atoms with E-state index in [2.05, 4.69) is 4.98 Å². The van der Waals surface area contributed by atoms with Crippen molar-refractivity contribution in [3.05, 3.63) is 81.0 Å². The van der Waals surface area contributed by atoms with Crippen molar-refractivity contribution < 1.29 is 14.5 Å². The highest BCUT2D eigenvalue weighted by molar-refractivity contribution is 7.22. The molecule has 0 atom stereocenters. The molecule has 0 aliphatic rings. The number of carbonyl (C=O) groups is 1. The first kappa shape index (κ1) is 21.6. The largest absolute Gasteiger partial charge is 0.494 e. The summed E-state index contributed by atoms with van der Waals surface area (Å²) in [5.41, 5.74) is 2.60. The number of aromatic nitrogens is 2. The smallest absolute Gasteiger partial charge is 0.324 e. The molecule has 0 bridgehead atoms. The normalized spacial score (nSPS) is 11.2. The third kappa shape index (κ3) is 4.51. The Morgan fingerprint density at radius 3 is 2.78 bits per heavy atom. The summed E-state index contributed by atoms with van der Waals surface area (Å²) in [6.45, 7) is 2.27. The van der Waals surface area contributed by atoms with E-state index in [9.17, 15) is 14.9 Å². The van der Waals surface area contributed by atoms with Gasteiger partial charge in [-0.1, -0.05) is 34.8 Å². The number of aryl methyl sites for hydroxylation is 1. The zero-order chi connectivity index (χ0) is 22.7. The van der Waals surface area contributed by atoms with Gasteiger partial charge in [0, 0.05) is 29.4 Å². The van der Waals surface area contributed by atoms with Crippen LogP contribution in [0.5, 0.6) is 5.75 Å². The van der Waals surface area contributed by atoms with Gasteiger partial charge in [0.15, 0.2) is 5.13 Å². The van der Waals surface area contributed by atoms with E-state index in [1.807, 2.05) is 31.2 Å². The van der Waals surface area contributed by atoms with Crippen molar-refractivity contribution in [2.45, 2.75) is 13.5 Å². The van der Waals surface area contributed by atoms with Gasteiger partial charge in [0.25, 0.3) is 5.91 Å². The molecular formula is C22H18N4O4S2. The molecule has 0 aliphatic heterocycles. The lowest BCUT2D eigenvalue weighted by molar-refractivity contribution is -0.380. The molecule has 3 aromatic heterocycles. The van der Waals surface area contributed by atoms with E-state index in [0.717, 1.165) is 27.2 Å². The van der Waals surface area contributed by atoms with Crippen molar-refractivity contribution in [3.63, 3.8) is 0 Å². The lowest BCUT2D eigenvalue weighted by Gasteiger charge is -2.18. The lowest BCUT2D eigenvalue weighted by atomic mass is 10.2. The zero-order valence-electron chi connectivity index (χ0n) is 17.2. The maximum atomic E-state index is 13.2. The predicted molar refractivity (Wildman–Crippen MR) is 126 cm³/mol. The summed E-state index contributed by atoms with van der Waals surface area (Å²) in [4.78, 5) is 34.7. The van der Waals surface area contributed by atoms with Crippen LogP contribution in [-0.4, -0.2) is 27.9 Å². The first-order valence-electron chi connectivity index (χ1n) is 9.53. The van der Waals surface area contributed by atoms with Crippen LogP contribution in [0.2, 0.25) is 0 Å². The molecule has 0 saturated carbocycles. The van der Waals surface area contributed by atoms with Gasteiger partial charge in [0.1, 0.15) is 11.3 Å². The number of thiophene rings is 1. The molecule has 1 amide bonds. The number of pyridine rings is 1. The van der Waals surface area contributed by atoms with Crippen LogP contribution in [-0.2, 0) is 11.3 Å². The Bertz CT molecular complexity index is 1310. The first-order chi connectivity index (χ1) is 15.5. The molecule has 0 N–H and O–H groups in total. The summed E-state index contributed by atoms with van der Waals surface area (Å²) in [6.07, 6.45) is 6.36. The Morgan fingerprint density at radius 1 is 1.25 bits per heavy atom. The summed E-state index contributed by atoms with van der Waals surface area (Å²) >= 11 is 2.42. The quantitative estimate of drug-likeness (QED) is 0.210. The summed E-state index contributed by atoms with van der Waals surface area (Å²) in [7, 11) is 1.59. The fraction of sp³-hybridized carbons (Fsp3) is 0.136. The Labute approximate surface area is 191 Å². The van der Waals surface area contributed by atoms with Crippen LogP contribution >= 0.6 is 22.7 Å².